The SMILES string of the molecule is CCCN1CCC(n2c(=S)[nH]c3ccsc3c2=O)CC1. The predicted octanol–water partition coefficient (Wildman–Crippen LogP) is 3.17. The summed E-state index contributed by atoms with van der Waals surface area (Å²) in [5.74, 6) is 0. The molecule has 0 radical (unpaired) electrons. The Labute approximate surface area is 127 Å². The second kappa shape index (κ2) is 5.79. The van der Waals surface area contributed by atoms with Crippen molar-refractivity contribution in [3.05, 3.63) is 26.6 Å². The number of hydrogen-bond donors (Lipinski definition) is 1. The van der Waals surface area contributed by atoms with Gasteiger partial charge in [-0.1, -0.05) is 6.92 Å². The third kappa shape index (κ3) is 2.47. The van der Waals surface area contributed by atoms with E-state index in [9.17, 15) is 4.79 Å². The van der Waals surface area contributed by atoms with Gasteiger partial charge in [0.2, 0.25) is 0 Å². The van der Waals surface area contributed by atoms with Crippen LogP contribution >= 0.6 is 23.6 Å². The standard InChI is InChI=1S/C14H19N3OS2/c1-2-6-16-7-3-10(4-8-16)17-13(18)12-11(5-9-20-12)15-14(17)19/h5,9-10H,2-4,6-8H2,1H3,(H,15,19). The minimum absolute atomic E-state index is 0.0766. The molecule has 0 amide bonds. The molecule has 4 nitrogen and oxygen atoms in total. The topological polar surface area (TPSA) is 41.0 Å². The van der Waals surface area contributed by atoms with Crippen molar-refractivity contribution in [1.82, 2.24) is 14.5 Å². The number of rotatable bonds is 3. The number of aromatic amines is 1. The van der Waals surface area contributed by atoms with Crippen molar-refractivity contribution in [2.75, 3.05) is 19.6 Å². The first-order valence-corrected chi connectivity index (χ1v) is 8.44. The van der Waals surface area contributed by atoms with Crippen molar-refractivity contribution < 1.29 is 0 Å². The Morgan fingerprint density at radius 3 is 2.90 bits per heavy atom. The van der Waals surface area contributed by atoms with E-state index in [1.165, 1.54) is 17.8 Å². The number of piperidine rings is 1. The number of aromatic nitrogens is 2. The minimum atomic E-state index is 0.0766. The number of nitrogens with one attached hydrogen (secondary N) is 1. The van der Waals surface area contributed by atoms with E-state index in [4.69, 9.17) is 12.2 Å². The molecule has 1 fully saturated rings. The lowest BCUT2D eigenvalue weighted by atomic mass is 10.0. The molecule has 1 aliphatic rings. The summed E-state index contributed by atoms with van der Waals surface area (Å²) in [6.07, 6.45) is 3.20. The highest BCUT2D eigenvalue weighted by molar-refractivity contribution is 7.71. The molecular formula is C14H19N3OS2. The number of nitrogens with zero attached hydrogens (tertiary/aromatic N) is 2. The maximum Gasteiger partial charge on any atom is 0.272 e. The highest BCUT2D eigenvalue weighted by Crippen LogP contribution is 2.23. The maximum absolute atomic E-state index is 12.6. The quantitative estimate of drug-likeness (QED) is 0.886. The zero-order chi connectivity index (χ0) is 14.1. The fourth-order valence-electron chi connectivity index (χ4n) is 3.00. The molecule has 2 aromatic rings. The van der Waals surface area contributed by atoms with Gasteiger partial charge >= 0.3 is 0 Å². The van der Waals surface area contributed by atoms with Crippen LogP contribution in [0.25, 0.3) is 10.2 Å². The van der Waals surface area contributed by atoms with E-state index < -0.39 is 0 Å². The fourth-order valence-corrected chi connectivity index (χ4v) is 4.13. The van der Waals surface area contributed by atoms with Crippen molar-refractivity contribution >= 4 is 33.8 Å². The molecule has 3 rings (SSSR count). The monoisotopic (exact) mass is 309 g/mol. The lowest BCUT2D eigenvalue weighted by Crippen LogP contribution is -2.38. The second-order valence-electron chi connectivity index (χ2n) is 5.34. The van der Waals surface area contributed by atoms with E-state index in [1.54, 1.807) is 4.57 Å². The molecule has 0 spiro atoms. The molecule has 2 aromatic heterocycles. The van der Waals surface area contributed by atoms with E-state index in [0.717, 1.165) is 42.7 Å². The molecule has 20 heavy (non-hydrogen) atoms. The van der Waals surface area contributed by atoms with Crippen LogP contribution in [0, 0.1) is 4.77 Å². The summed E-state index contributed by atoms with van der Waals surface area (Å²) in [6.45, 7) is 5.47. The lowest BCUT2D eigenvalue weighted by Gasteiger charge is -2.32. The summed E-state index contributed by atoms with van der Waals surface area (Å²) in [4.78, 5) is 18.2. The van der Waals surface area contributed by atoms with E-state index in [-0.39, 0.29) is 11.6 Å². The third-order valence-corrected chi connectivity index (χ3v) is 5.20. The first-order valence-electron chi connectivity index (χ1n) is 7.15. The Hall–Kier alpha value is -0.980. The average molecular weight is 309 g/mol. The molecule has 0 bridgehead atoms. The van der Waals surface area contributed by atoms with Crippen LogP contribution in [-0.4, -0.2) is 34.1 Å². The van der Waals surface area contributed by atoms with Gasteiger partial charge in [0.1, 0.15) is 4.70 Å². The van der Waals surface area contributed by atoms with Gasteiger partial charge in [-0.05, 0) is 49.5 Å². The molecule has 0 unspecified atom stereocenters. The number of hydrogen-bond acceptors (Lipinski definition) is 4. The van der Waals surface area contributed by atoms with Gasteiger partial charge in [-0.15, -0.1) is 11.3 Å². The van der Waals surface area contributed by atoms with E-state index in [0.29, 0.717) is 4.77 Å². The van der Waals surface area contributed by atoms with Crippen LogP contribution in [0.4, 0.5) is 0 Å². The lowest BCUT2D eigenvalue weighted by molar-refractivity contribution is 0.184. The molecular weight excluding hydrogens is 290 g/mol. The first-order chi connectivity index (χ1) is 9.70. The van der Waals surface area contributed by atoms with Crippen molar-refractivity contribution in [2.45, 2.75) is 32.2 Å². The van der Waals surface area contributed by atoms with Gasteiger partial charge in [0.25, 0.3) is 5.56 Å². The molecule has 0 aromatic carbocycles. The molecule has 1 aliphatic heterocycles. The van der Waals surface area contributed by atoms with Gasteiger partial charge in [0.15, 0.2) is 4.77 Å². The van der Waals surface area contributed by atoms with Gasteiger partial charge in [0, 0.05) is 19.1 Å². The van der Waals surface area contributed by atoms with Crippen LogP contribution in [0.1, 0.15) is 32.2 Å². The summed E-state index contributed by atoms with van der Waals surface area (Å²) in [5, 5.41) is 1.94. The van der Waals surface area contributed by atoms with Crippen molar-refractivity contribution in [2.24, 2.45) is 0 Å². The Morgan fingerprint density at radius 2 is 2.20 bits per heavy atom. The van der Waals surface area contributed by atoms with Crippen LogP contribution in [0.5, 0.6) is 0 Å². The Bertz CT molecular complexity index is 707. The second-order valence-corrected chi connectivity index (χ2v) is 6.64. The van der Waals surface area contributed by atoms with Gasteiger partial charge < -0.3 is 9.88 Å². The summed E-state index contributed by atoms with van der Waals surface area (Å²) < 4.78 is 3.15. The summed E-state index contributed by atoms with van der Waals surface area (Å²) in [7, 11) is 0. The van der Waals surface area contributed by atoms with E-state index >= 15 is 0 Å². The van der Waals surface area contributed by atoms with Crippen LogP contribution in [0.2, 0.25) is 0 Å². The predicted molar refractivity (Wildman–Crippen MR) is 86.3 cm³/mol. The third-order valence-electron chi connectivity index (χ3n) is 4.00. The molecule has 108 valence electrons. The van der Waals surface area contributed by atoms with Crippen LogP contribution < -0.4 is 5.56 Å². The molecule has 6 heteroatoms. The molecule has 0 aliphatic carbocycles. The van der Waals surface area contributed by atoms with Gasteiger partial charge in [0.05, 0.1) is 5.52 Å². The smallest absolute Gasteiger partial charge is 0.272 e. The fraction of sp³-hybridized carbons (Fsp3) is 0.571. The van der Waals surface area contributed by atoms with Crippen molar-refractivity contribution in [3.8, 4) is 0 Å². The molecule has 1 saturated heterocycles. The van der Waals surface area contributed by atoms with Crippen LogP contribution in [0.3, 0.4) is 0 Å². The summed E-state index contributed by atoms with van der Waals surface area (Å²) in [5.41, 5.74) is 0.942. The average Bonchev–Trinajstić information content (AvgIpc) is 2.89. The molecule has 1 N–H and O–H groups in total. The first kappa shape index (κ1) is 14.0. The van der Waals surface area contributed by atoms with E-state index in [1.807, 2.05) is 11.4 Å². The van der Waals surface area contributed by atoms with Gasteiger partial charge in [-0.3, -0.25) is 9.36 Å². The number of fused-ring (bicyclic) bond motifs is 1. The van der Waals surface area contributed by atoms with Gasteiger partial charge in [-0.25, -0.2) is 0 Å². The molecule has 0 saturated carbocycles. The van der Waals surface area contributed by atoms with E-state index in [2.05, 4.69) is 16.8 Å². The van der Waals surface area contributed by atoms with Crippen LogP contribution in [-0.2, 0) is 0 Å². The highest BCUT2D eigenvalue weighted by Gasteiger charge is 2.22. The van der Waals surface area contributed by atoms with Crippen molar-refractivity contribution in [1.29, 1.82) is 0 Å². The van der Waals surface area contributed by atoms with Crippen LogP contribution in [0.15, 0.2) is 16.2 Å². The highest BCUT2D eigenvalue weighted by atomic mass is 32.1. The molecule has 3 heterocycles. The molecule has 0 atom stereocenters. The number of H-pyrrole nitrogens is 1. The summed E-state index contributed by atoms with van der Waals surface area (Å²) >= 11 is 6.88. The summed E-state index contributed by atoms with van der Waals surface area (Å²) in [6, 6.07) is 2.16. The number of likely N-dealkylation sites (tertiary alicyclic amines) is 1. The Morgan fingerprint density at radius 1 is 1.45 bits per heavy atom. The van der Waals surface area contributed by atoms with Gasteiger partial charge in [-0.2, -0.15) is 0 Å². The van der Waals surface area contributed by atoms with Crippen molar-refractivity contribution in [3.63, 3.8) is 0 Å². The zero-order valence-corrected chi connectivity index (χ0v) is 13.2. The largest absolute Gasteiger partial charge is 0.331 e. The number of thiophene rings is 1. The maximum atomic E-state index is 12.6. The Kier molecular flexibility index (Phi) is 4.05. The normalized spacial score (nSPS) is 17.9. The zero-order valence-electron chi connectivity index (χ0n) is 11.6. The Balaban J connectivity index is 1.91. The minimum Gasteiger partial charge on any atom is -0.331 e.